The van der Waals surface area contributed by atoms with Crippen LogP contribution in [-0.4, -0.2) is 47.1 Å². The molecule has 182 valence electrons. The molecule has 1 saturated heterocycles. The zero-order chi connectivity index (χ0) is 24.2. The molecule has 2 heterocycles. The minimum atomic E-state index is -0.769. The Bertz CT molecular complexity index is 1090. The standard InChI is InChI=1S/C25H31ClN4O4/c1-2-21(31)18(13-16-6-4-10-27-23(16)32)29-24(33)19(11-14-8-9-14)30-25(34)20-12-15-5-3-7-17(26)22(15)28-20/h3,5,7,12,14,16,18-19,28H,2,4,6,8-11,13H2,1H3,(H,27,32)(H,29,33)(H,30,34)/t16-,18-,19-/m0/s1. The Morgan fingerprint density at radius 1 is 1.12 bits per heavy atom. The van der Waals surface area contributed by atoms with Crippen LogP contribution >= 0.6 is 11.6 Å². The van der Waals surface area contributed by atoms with Gasteiger partial charge in [-0.1, -0.05) is 43.5 Å². The smallest absolute Gasteiger partial charge is 0.268 e. The largest absolute Gasteiger partial charge is 0.356 e. The molecule has 3 amide bonds. The number of carbonyl (C=O) groups excluding carboxylic acids is 4. The van der Waals surface area contributed by atoms with Crippen LogP contribution in [0.1, 0.15) is 62.4 Å². The minimum Gasteiger partial charge on any atom is -0.356 e. The third-order valence-corrected chi connectivity index (χ3v) is 7.03. The summed E-state index contributed by atoms with van der Waals surface area (Å²) in [6.45, 7) is 2.38. The van der Waals surface area contributed by atoms with E-state index >= 15 is 0 Å². The third-order valence-electron chi connectivity index (χ3n) is 6.71. The number of piperidine rings is 1. The van der Waals surface area contributed by atoms with Gasteiger partial charge in [0.05, 0.1) is 16.6 Å². The maximum absolute atomic E-state index is 13.2. The lowest BCUT2D eigenvalue weighted by Gasteiger charge is -2.27. The number of para-hydroxylation sites is 1. The molecule has 2 aliphatic rings. The van der Waals surface area contributed by atoms with Gasteiger partial charge in [-0.25, -0.2) is 0 Å². The summed E-state index contributed by atoms with van der Waals surface area (Å²) in [6, 6.07) is 5.58. The third kappa shape index (κ3) is 5.78. The number of nitrogens with one attached hydrogen (secondary N) is 4. The molecule has 1 aromatic carbocycles. The first-order valence-corrected chi connectivity index (χ1v) is 12.4. The van der Waals surface area contributed by atoms with Crippen LogP contribution in [0.15, 0.2) is 24.3 Å². The average Bonchev–Trinajstić information content (AvgIpc) is 3.53. The molecule has 4 rings (SSSR count). The average molecular weight is 487 g/mol. The first-order chi connectivity index (χ1) is 16.4. The van der Waals surface area contributed by atoms with Crippen LogP contribution in [0.5, 0.6) is 0 Å². The highest BCUT2D eigenvalue weighted by Gasteiger charge is 2.34. The fraction of sp³-hybridized carbons (Fsp3) is 0.520. The van der Waals surface area contributed by atoms with Crippen molar-refractivity contribution in [2.75, 3.05) is 6.54 Å². The number of ketones is 1. The maximum Gasteiger partial charge on any atom is 0.268 e. The molecule has 8 nitrogen and oxygen atoms in total. The summed E-state index contributed by atoms with van der Waals surface area (Å²) in [5, 5.41) is 9.84. The summed E-state index contributed by atoms with van der Waals surface area (Å²) in [5.74, 6) is -0.918. The molecule has 2 aromatic rings. The van der Waals surface area contributed by atoms with Crippen molar-refractivity contribution in [2.24, 2.45) is 11.8 Å². The number of aromatic nitrogens is 1. The SMILES string of the molecule is CCC(=O)[C@H](C[C@@H]1CCCNC1=O)NC(=O)[C@H](CC1CC1)NC(=O)c1cc2cccc(Cl)c2[nH]1. The molecule has 1 saturated carbocycles. The van der Waals surface area contributed by atoms with Gasteiger partial charge in [0.15, 0.2) is 5.78 Å². The number of rotatable bonds is 10. The summed E-state index contributed by atoms with van der Waals surface area (Å²) in [7, 11) is 0. The lowest BCUT2D eigenvalue weighted by atomic mass is 9.89. The van der Waals surface area contributed by atoms with Gasteiger partial charge in [0.25, 0.3) is 5.91 Å². The van der Waals surface area contributed by atoms with E-state index in [0.29, 0.717) is 41.5 Å². The molecule has 1 aromatic heterocycles. The monoisotopic (exact) mass is 486 g/mol. The van der Waals surface area contributed by atoms with E-state index in [2.05, 4.69) is 20.9 Å². The van der Waals surface area contributed by atoms with E-state index in [9.17, 15) is 19.2 Å². The number of halogens is 1. The van der Waals surface area contributed by atoms with Crippen LogP contribution in [0.4, 0.5) is 0 Å². The number of aromatic amines is 1. The lowest BCUT2D eigenvalue weighted by molar-refractivity contribution is -0.131. The van der Waals surface area contributed by atoms with Crippen molar-refractivity contribution < 1.29 is 19.2 Å². The van der Waals surface area contributed by atoms with E-state index in [1.165, 1.54) is 0 Å². The Labute approximate surface area is 203 Å². The zero-order valence-corrected chi connectivity index (χ0v) is 20.0. The minimum absolute atomic E-state index is 0.0743. The molecule has 9 heteroatoms. The number of hydrogen-bond donors (Lipinski definition) is 4. The fourth-order valence-electron chi connectivity index (χ4n) is 4.53. The summed E-state index contributed by atoms with van der Waals surface area (Å²) < 4.78 is 0. The van der Waals surface area contributed by atoms with Crippen molar-refractivity contribution in [3.05, 3.63) is 35.0 Å². The molecule has 0 unspecified atom stereocenters. The predicted octanol–water partition coefficient (Wildman–Crippen LogP) is 3.10. The van der Waals surface area contributed by atoms with Gasteiger partial charge in [-0.15, -0.1) is 0 Å². The van der Waals surface area contributed by atoms with Gasteiger partial charge in [-0.2, -0.15) is 0 Å². The van der Waals surface area contributed by atoms with Gasteiger partial charge in [0.2, 0.25) is 11.8 Å². The second-order valence-electron chi connectivity index (χ2n) is 9.34. The van der Waals surface area contributed by atoms with Crippen LogP contribution < -0.4 is 16.0 Å². The summed E-state index contributed by atoms with van der Waals surface area (Å²) in [6.07, 6.45) is 4.62. The number of hydrogen-bond acceptors (Lipinski definition) is 4. The molecule has 2 fully saturated rings. The number of H-pyrrole nitrogens is 1. The van der Waals surface area contributed by atoms with Gasteiger partial charge >= 0.3 is 0 Å². The van der Waals surface area contributed by atoms with Gasteiger partial charge in [0.1, 0.15) is 11.7 Å². The van der Waals surface area contributed by atoms with Gasteiger partial charge in [-0.05, 0) is 43.7 Å². The molecule has 3 atom stereocenters. The Kier molecular flexibility index (Phi) is 7.56. The molecule has 4 N–H and O–H groups in total. The van der Waals surface area contributed by atoms with Crippen molar-refractivity contribution in [3.63, 3.8) is 0 Å². The molecular weight excluding hydrogens is 456 g/mol. The van der Waals surface area contributed by atoms with Crippen LogP contribution in [0, 0.1) is 11.8 Å². The summed E-state index contributed by atoms with van der Waals surface area (Å²) in [4.78, 5) is 54.1. The van der Waals surface area contributed by atoms with E-state index in [1.807, 2.05) is 6.07 Å². The lowest BCUT2D eigenvalue weighted by Crippen LogP contribution is -2.53. The molecule has 0 spiro atoms. The van der Waals surface area contributed by atoms with E-state index in [0.717, 1.165) is 24.6 Å². The first kappa shape index (κ1) is 24.3. The quantitative estimate of drug-likeness (QED) is 0.412. The van der Waals surface area contributed by atoms with Crippen LogP contribution in [0.3, 0.4) is 0 Å². The van der Waals surface area contributed by atoms with E-state index in [-0.39, 0.29) is 30.4 Å². The van der Waals surface area contributed by atoms with Gasteiger partial charge in [0, 0.05) is 24.3 Å². The first-order valence-electron chi connectivity index (χ1n) is 12.0. The van der Waals surface area contributed by atoms with Crippen molar-refractivity contribution in [3.8, 4) is 0 Å². The highest BCUT2D eigenvalue weighted by atomic mass is 35.5. The Balaban J connectivity index is 1.46. The molecule has 0 bridgehead atoms. The van der Waals surface area contributed by atoms with Crippen molar-refractivity contribution in [1.29, 1.82) is 0 Å². The topological polar surface area (TPSA) is 120 Å². The van der Waals surface area contributed by atoms with E-state index in [4.69, 9.17) is 11.6 Å². The summed E-state index contributed by atoms with van der Waals surface area (Å²) in [5.41, 5.74) is 0.980. The van der Waals surface area contributed by atoms with Crippen molar-refractivity contribution in [2.45, 2.75) is 64.0 Å². The van der Waals surface area contributed by atoms with Crippen LogP contribution in [-0.2, 0) is 14.4 Å². The van der Waals surface area contributed by atoms with E-state index < -0.39 is 23.9 Å². The highest BCUT2D eigenvalue weighted by molar-refractivity contribution is 6.35. The Hall–Kier alpha value is -2.87. The molecule has 1 aliphatic heterocycles. The Morgan fingerprint density at radius 3 is 2.59 bits per heavy atom. The van der Waals surface area contributed by atoms with E-state index in [1.54, 1.807) is 25.1 Å². The number of amides is 3. The number of benzene rings is 1. The van der Waals surface area contributed by atoms with Gasteiger partial charge < -0.3 is 20.9 Å². The molecular formula is C25H31ClN4O4. The fourth-order valence-corrected chi connectivity index (χ4v) is 4.76. The molecule has 1 aliphatic carbocycles. The van der Waals surface area contributed by atoms with Crippen molar-refractivity contribution >= 4 is 46.0 Å². The summed E-state index contributed by atoms with van der Waals surface area (Å²) >= 11 is 6.21. The predicted molar refractivity (Wildman–Crippen MR) is 129 cm³/mol. The maximum atomic E-state index is 13.2. The van der Waals surface area contributed by atoms with Crippen LogP contribution in [0.25, 0.3) is 10.9 Å². The molecule has 34 heavy (non-hydrogen) atoms. The number of Topliss-reactive ketones (excluding diaryl/α,β-unsaturated/α-hetero) is 1. The zero-order valence-electron chi connectivity index (χ0n) is 19.3. The normalized spacial score (nSPS) is 19.8. The number of fused-ring (bicyclic) bond motifs is 1. The highest BCUT2D eigenvalue weighted by Crippen LogP contribution is 2.34. The second kappa shape index (κ2) is 10.6. The van der Waals surface area contributed by atoms with Gasteiger partial charge in [-0.3, -0.25) is 19.2 Å². The molecule has 0 radical (unpaired) electrons. The van der Waals surface area contributed by atoms with Crippen molar-refractivity contribution in [1.82, 2.24) is 20.9 Å². The van der Waals surface area contributed by atoms with Crippen LogP contribution in [0.2, 0.25) is 5.02 Å². The second-order valence-corrected chi connectivity index (χ2v) is 9.75. The number of carbonyl (C=O) groups is 4. The Morgan fingerprint density at radius 2 is 1.91 bits per heavy atom.